The van der Waals surface area contributed by atoms with Gasteiger partial charge in [-0.15, -0.1) is 11.7 Å². The van der Waals surface area contributed by atoms with Gasteiger partial charge < -0.3 is 5.32 Å². The number of halogens is 1. The largest absolute Gasteiger partial charge is 0.303 e. The van der Waals surface area contributed by atoms with Crippen molar-refractivity contribution >= 4 is 40.7 Å². The first-order valence-electron chi connectivity index (χ1n) is 5.64. The molecule has 1 aromatic carbocycles. The van der Waals surface area contributed by atoms with E-state index in [1.807, 2.05) is 18.2 Å². The highest BCUT2D eigenvalue weighted by Gasteiger charge is 2.28. The summed E-state index contributed by atoms with van der Waals surface area (Å²) in [5.41, 5.74) is 0.783. The minimum absolute atomic E-state index is 0.0587. The molecule has 19 heavy (non-hydrogen) atoms. The first-order valence-corrected chi connectivity index (χ1v) is 6.90. The van der Waals surface area contributed by atoms with Crippen LogP contribution in [0.1, 0.15) is 12.0 Å². The van der Waals surface area contributed by atoms with Crippen LogP contribution < -0.4 is 5.32 Å². The van der Waals surface area contributed by atoms with Crippen LogP contribution in [0.15, 0.2) is 47.1 Å². The Labute approximate surface area is 120 Å². The van der Waals surface area contributed by atoms with E-state index in [-0.39, 0.29) is 11.2 Å². The van der Waals surface area contributed by atoms with Gasteiger partial charge in [0.15, 0.2) is 5.17 Å². The van der Waals surface area contributed by atoms with Gasteiger partial charge in [0.25, 0.3) is 0 Å². The Morgan fingerprint density at radius 2 is 2.26 bits per heavy atom. The molecule has 1 atom stereocenters. The highest BCUT2D eigenvalue weighted by molar-refractivity contribution is 8.15. The van der Waals surface area contributed by atoms with Gasteiger partial charge in [-0.25, -0.2) is 0 Å². The number of carbonyl (C=O) groups excluding carboxylic acids is 1. The van der Waals surface area contributed by atoms with Crippen LogP contribution in [0.3, 0.4) is 0 Å². The van der Waals surface area contributed by atoms with Crippen molar-refractivity contribution in [2.45, 2.75) is 11.7 Å². The third kappa shape index (κ3) is 3.68. The van der Waals surface area contributed by atoms with E-state index in [1.165, 1.54) is 11.8 Å². The highest BCUT2D eigenvalue weighted by Crippen LogP contribution is 2.22. The lowest BCUT2D eigenvalue weighted by atomic mass is 10.2. The molecule has 1 aromatic rings. The summed E-state index contributed by atoms with van der Waals surface area (Å²) in [4.78, 5) is 11.5. The first kappa shape index (κ1) is 13.8. The lowest BCUT2D eigenvalue weighted by Gasteiger charge is -1.97. The van der Waals surface area contributed by atoms with Crippen molar-refractivity contribution in [1.29, 1.82) is 0 Å². The molecule has 1 aliphatic heterocycles. The van der Waals surface area contributed by atoms with Gasteiger partial charge in [0.1, 0.15) is 0 Å². The first-order chi connectivity index (χ1) is 9.20. The quantitative estimate of drug-likeness (QED) is 0.527. The highest BCUT2D eigenvalue weighted by atomic mass is 35.5. The molecule has 2 rings (SSSR count). The van der Waals surface area contributed by atoms with Gasteiger partial charge in [-0.1, -0.05) is 47.6 Å². The third-order valence-corrected chi connectivity index (χ3v) is 3.85. The Morgan fingerprint density at radius 3 is 3.00 bits per heavy atom. The normalized spacial score (nSPS) is 21.0. The summed E-state index contributed by atoms with van der Waals surface area (Å²) >= 11 is 7.34. The predicted octanol–water partition coefficient (Wildman–Crippen LogP) is 2.84. The van der Waals surface area contributed by atoms with Crippen LogP contribution in [-0.2, 0) is 4.79 Å². The summed E-state index contributed by atoms with van der Waals surface area (Å²) in [5.74, 6) is -0.0587. The number of nitrogens with one attached hydrogen (secondary N) is 1. The molecule has 1 heterocycles. The molecule has 1 aliphatic rings. The number of carbonyl (C=O) groups is 1. The summed E-state index contributed by atoms with van der Waals surface area (Å²) in [6.45, 7) is 3.62. The van der Waals surface area contributed by atoms with E-state index in [0.29, 0.717) is 16.6 Å². The second kappa shape index (κ2) is 6.54. The Hall–Kier alpha value is -1.59. The zero-order valence-electron chi connectivity index (χ0n) is 10.0. The smallest absolute Gasteiger partial charge is 0.239 e. The third-order valence-electron chi connectivity index (χ3n) is 2.41. The minimum atomic E-state index is -0.160. The van der Waals surface area contributed by atoms with Crippen LogP contribution in [-0.4, -0.2) is 22.5 Å². The van der Waals surface area contributed by atoms with Crippen molar-refractivity contribution in [2.24, 2.45) is 10.2 Å². The zero-order chi connectivity index (χ0) is 13.7. The molecule has 1 fully saturated rings. The van der Waals surface area contributed by atoms with E-state index in [1.54, 1.807) is 18.4 Å². The molecule has 6 heteroatoms. The van der Waals surface area contributed by atoms with Crippen molar-refractivity contribution < 1.29 is 4.79 Å². The fourth-order valence-electron chi connectivity index (χ4n) is 1.48. The maximum atomic E-state index is 11.5. The standard InChI is InChI=1S/C13H12ClN3OS/c1-2-5-11-12(18)16-13(19-11)17-15-8-9-6-3-4-7-10(9)14/h2-4,6-8,11H,1,5H2,(H,16,17,18)/b15-8+. The fourth-order valence-corrected chi connectivity index (χ4v) is 2.59. The van der Waals surface area contributed by atoms with Crippen molar-refractivity contribution in [3.05, 3.63) is 47.5 Å². The molecule has 4 nitrogen and oxygen atoms in total. The lowest BCUT2D eigenvalue weighted by Crippen LogP contribution is -2.24. The van der Waals surface area contributed by atoms with Crippen LogP contribution in [0.25, 0.3) is 0 Å². The second-order valence-corrected chi connectivity index (χ2v) is 5.39. The molecule has 0 aliphatic carbocycles. The molecule has 0 spiro atoms. The van der Waals surface area contributed by atoms with Gasteiger partial charge in [0, 0.05) is 10.6 Å². The molecule has 98 valence electrons. The summed E-state index contributed by atoms with van der Waals surface area (Å²) in [6, 6.07) is 7.33. The number of amidine groups is 1. The number of rotatable bonds is 4. The maximum absolute atomic E-state index is 11.5. The average Bonchev–Trinajstić information content (AvgIpc) is 2.73. The van der Waals surface area contributed by atoms with E-state index >= 15 is 0 Å². The Bertz CT molecular complexity index is 557. The molecular weight excluding hydrogens is 282 g/mol. The molecule has 0 radical (unpaired) electrons. The molecule has 1 amide bonds. The van der Waals surface area contributed by atoms with E-state index in [4.69, 9.17) is 11.6 Å². The van der Waals surface area contributed by atoms with Gasteiger partial charge in [-0.3, -0.25) is 4.79 Å². The van der Waals surface area contributed by atoms with Crippen LogP contribution in [0.2, 0.25) is 5.02 Å². The zero-order valence-corrected chi connectivity index (χ0v) is 11.6. The topological polar surface area (TPSA) is 53.8 Å². The van der Waals surface area contributed by atoms with Crippen LogP contribution >= 0.6 is 23.4 Å². The molecule has 1 saturated heterocycles. The number of hydrogen-bond donors (Lipinski definition) is 1. The van der Waals surface area contributed by atoms with E-state index in [0.717, 1.165) is 5.56 Å². The number of thioether (sulfide) groups is 1. The maximum Gasteiger partial charge on any atom is 0.239 e. The number of allylic oxidation sites excluding steroid dienone is 1. The molecular formula is C13H12ClN3OS. The van der Waals surface area contributed by atoms with Gasteiger partial charge in [0.05, 0.1) is 11.5 Å². The van der Waals surface area contributed by atoms with Gasteiger partial charge in [-0.05, 0) is 12.5 Å². The average molecular weight is 294 g/mol. The number of nitrogens with zero attached hydrogens (tertiary/aromatic N) is 2. The minimum Gasteiger partial charge on any atom is -0.303 e. The van der Waals surface area contributed by atoms with E-state index in [2.05, 4.69) is 22.1 Å². The van der Waals surface area contributed by atoms with Crippen molar-refractivity contribution in [1.82, 2.24) is 5.32 Å². The molecule has 1 unspecified atom stereocenters. The van der Waals surface area contributed by atoms with E-state index < -0.39 is 0 Å². The Balaban J connectivity index is 2.02. The van der Waals surface area contributed by atoms with Crippen molar-refractivity contribution in [2.75, 3.05) is 0 Å². The van der Waals surface area contributed by atoms with Crippen LogP contribution in [0, 0.1) is 0 Å². The number of hydrogen-bond acceptors (Lipinski definition) is 4. The molecule has 0 saturated carbocycles. The summed E-state index contributed by atoms with van der Waals surface area (Å²) in [7, 11) is 0. The van der Waals surface area contributed by atoms with Gasteiger partial charge in [-0.2, -0.15) is 5.10 Å². The van der Waals surface area contributed by atoms with Gasteiger partial charge in [0.2, 0.25) is 5.91 Å². The van der Waals surface area contributed by atoms with Crippen molar-refractivity contribution in [3.63, 3.8) is 0 Å². The summed E-state index contributed by atoms with van der Waals surface area (Å²) in [5, 5.41) is 11.5. The Morgan fingerprint density at radius 1 is 1.47 bits per heavy atom. The molecule has 1 N–H and O–H groups in total. The summed E-state index contributed by atoms with van der Waals surface area (Å²) in [6.07, 6.45) is 3.89. The fraction of sp³-hybridized carbons (Fsp3) is 0.154. The van der Waals surface area contributed by atoms with Gasteiger partial charge >= 0.3 is 0 Å². The van der Waals surface area contributed by atoms with Crippen molar-refractivity contribution in [3.8, 4) is 0 Å². The summed E-state index contributed by atoms with van der Waals surface area (Å²) < 4.78 is 0. The Kier molecular flexibility index (Phi) is 4.76. The monoisotopic (exact) mass is 293 g/mol. The molecule has 0 bridgehead atoms. The number of benzene rings is 1. The lowest BCUT2D eigenvalue weighted by molar-refractivity contribution is -0.118. The predicted molar refractivity (Wildman–Crippen MR) is 80.8 cm³/mol. The second-order valence-electron chi connectivity index (χ2n) is 3.79. The molecule has 0 aromatic heterocycles. The van der Waals surface area contributed by atoms with E-state index in [9.17, 15) is 4.79 Å². The number of amides is 1. The SMILES string of the molecule is C=CCC1S/C(=N\N=C\c2ccccc2Cl)NC1=O. The van der Waals surface area contributed by atoms with Crippen LogP contribution in [0.5, 0.6) is 0 Å². The van der Waals surface area contributed by atoms with Crippen LogP contribution in [0.4, 0.5) is 0 Å².